The predicted octanol–water partition coefficient (Wildman–Crippen LogP) is 6.07. The number of thiazole rings is 1. The van der Waals surface area contributed by atoms with E-state index in [0.29, 0.717) is 20.6 Å². The fourth-order valence-corrected chi connectivity index (χ4v) is 4.85. The number of hydrogen-bond donors (Lipinski definition) is 2. The zero-order valence-electron chi connectivity index (χ0n) is 15.9. The first-order chi connectivity index (χ1) is 15.0. The van der Waals surface area contributed by atoms with E-state index in [0.717, 1.165) is 10.2 Å². The second-order valence-corrected chi connectivity index (χ2v) is 9.13. The molecule has 4 aromatic rings. The summed E-state index contributed by atoms with van der Waals surface area (Å²) in [6.45, 7) is 0. The highest BCUT2D eigenvalue weighted by Gasteiger charge is 2.12. The summed E-state index contributed by atoms with van der Waals surface area (Å²) in [7, 11) is 0. The largest absolute Gasteiger partial charge is 0.323 e. The van der Waals surface area contributed by atoms with E-state index >= 15 is 0 Å². The van der Waals surface area contributed by atoms with E-state index in [-0.39, 0.29) is 23.3 Å². The van der Waals surface area contributed by atoms with Crippen molar-refractivity contribution in [2.45, 2.75) is 4.34 Å². The summed E-state index contributed by atoms with van der Waals surface area (Å²) in [6, 6.07) is 18.1. The summed E-state index contributed by atoms with van der Waals surface area (Å²) >= 11 is 8.62. The van der Waals surface area contributed by atoms with Crippen LogP contribution in [0, 0.1) is 5.82 Å². The fraction of sp³-hybridized carbons (Fsp3) is 0.0455. The minimum Gasteiger partial charge on any atom is -0.323 e. The van der Waals surface area contributed by atoms with Crippen LogP contribution in [0.4, 0.5) is 15.8 Å². The summed E-state index contributed by atoms with van der Waals surface area (Å²) in [6.07, 6.45) is 0. The molecular weight excluding hydrogens is 457 g/mol. The number of fused-ring (bicyclic) bond motifs is 1. The Morgan fingerprint density at radius 3 is 2.68 bits per heavy atom. The minimum atomic E-state index is -0.479. The van der Waals surface area contributed by atoms with Gasteiger partial charge in [0.15, 0.2) is 4.34 Å². The topological polar surface area (TPSA) is 71.1 Å². The van der Waals surface area contributed by atoms with E-state index < -0.39 is 5.82 Å². The predicted molar refractivity (Wildman–Crippen MR) is 125 cm³/mol. The van der Waals surface area contributed by atoms with Gasteiger partial charge in [0.1, 0.15) is 5.82 Å². The standard InChI is InChI=1S/C22H15ClFN3O2S2/c23-14-5-3-4-13(10-14)21(29)25-15-8-9-18-19(11-15)31-22(27-18)30-12-20(28)26-17-7-2-1-6-16(17)24/h1-11H,12H2,(H,25,29)(H,26,28). The van der Waals surface area contributed by atoms with Crippen molar-refractivity contribution in [3.05, 3.63) is 83.1 Å². The lowest BCUT2D eigenvalue weighted by Gasteiger charge is -2.05. The van der Waals surface area contributed by atoms with E-state index in [2.05, 4.69) is 15.6 Å². The van der Waals surface area contributed by atoms with Gasteiger partial charge in [-0.2, -0.15) is 0 Å². The van der Waals surface area contributed by atoms with Gasteiger partial charge < -0.3 is 10.6 Å². The van der Waals surface area contributed by atoms with Crippen molar-refractivity contribution in [3.63, 3.8) is 0 Å². The Balaban J connectivity index is 1.40. The quantitative estimate of drug-likeness (QED) is 0.335. The van der Waals surface area contributed by atoms with E-state index in [1.807, 2.05) is 12.1 Å². The van der Waals surface area contributed by atoms with Crippen LogP contribution in [-0.2, 0) is 4.79 Å². The third-order valence-corrected chi connectivity index (χ3v) is 6.58. The number of hydrogen-bond acceptors (Lipinski definition) is 5. The van der Waals surface area contributed by atoms with Gasteiger partial charge in [-0.1, -0.05) is 41.6 Å². The fourth-order valence-electron chi connectivity index (χ4n) is 2.75. The van der Waals surface area contributed by atoms with Crippen molar-refractivity contribution in [2.75, 3.05) is 16.4 Å². The van der Waals surface area contributed by atoms with Crippen LogP contribution in [0.3, 0.4) is 0 Å². The number of carbonyl (C=O) groups excluding carboxylic acids is 2. The number of nitrogens with one attached hydrogen (secondary N) is 2. The van der Waals surface area contributed by atoms with Gasteiger partial charge in [-0.3, -0.25) is 9.59 Å². The third-order valence-electron chi connectivity index (χ3n) is 4.19. The molecule has 156 valence electrons. The molecular formula is C22H15ClFN3O2S2. The molecule has 2 N–H and O–H groups in total. The van der Waals surface area contributed by atoms with E-state index in [9.17, 15) is 14.0 Å². The smallest absolute Gasteiger partial charge is 0.255 e. The van der Waals surface area contributed by atoms with Gasteiger partial charge in [-0.15, -0.1) is 11.3 Å². The van der Waals surface area contributed by atoms with Gasteiger partial charge in [-0.05, 0) is 48.5 Å². The van der Waals surface area contributed by atoms with E-state index in [4.69, 9.17) is 11.6 Å². The molecule has 3 aromatic carbocycles. The van der Waals surface area contributed by atoms with Crippen molar-refractivity contribution in [3.8, 4) is 0 Å². The second-order valence-electron chi connectivity index (χ2n) is 6.44. The van der Waals surface area contributed by atoms with Gasteiger partial charge in [-0.25, -0.2) is 9.37 Å². The second kappa shape index (κ2) is 9.47. The lowest BCUT2D eigenvalue weighted by atomic mass is 10.2. The van der Waals surface area contributed by atoms with Crippen LogP contribution in [0.25, 0.3) is 10.2 Å². The summed E-state index contributed by atoms with van der Waals surface area (Å²) in [5.74, 6) is -0.949. The SMILES string of the molecule is O=C(CSc1nc2ccc(NC(=O)c3cccc(Cl)c3)cc2s1)Nc1ccccc1F. The maximum atomic E-state index is 13.6. The zero-order chi connectivity index (χ0) is 21.8. The Morgan fingerprint density at radius 2 is 1.87 bits per heavy atom. The summed E-state index contributed by atoms with van der Waals surface area (Å²) in [4.78, 5) is 29.0. The summed E-state index contributed by atoms with van der Waals surface area (Å²) < 4.78 is 15.2. The molecule has 0 unspecified atom stereocenters. The van der Waals surface area contributed by atoms with Crippen molar-refractivity contribution < 1.29 is 14.0 Å². The Kier molecular flexibility index (Phi) is 6.50. The van der Waals surface area contributed by atoms with Crippen LogP contribution in [-0.4, -0.2) is 22.6 Å². The molecule has 0 saturated carbocycles. The normalized spacial score (nSPS) is 10.8. The lowest BCUT2D eigenvalue weighted by molar-refractivity contribution is -0.113. The molecule has 0 aliphatic carbocycles. The first-order valence-electron chi connectivity index (χ1n) is 9.12. The van der Waals surface area contributed by atoms with Crippen LogP contribution in [0.1, 0.15) is 10.4 Å². The molecule has 0 radical (unpaired) electrons. The minimum absolute atomic E-state index is 0.104. The number of amides is 2. The molecule has 0 saturated heterocycles. The maximum absolute atomic E-state index is 13.6. The average Bonchev–Trinajstić information content (AvgIpc) is 3.16. The highest BCUT2D eigenvalue weighted by Crippen LogP contribution is 2.31. The molecule has 31 heavy (non-hydrogen) atoms. The summed E-state index contributed by atoms with van der Waals surface area (Å²) in [5, 5.41) is 5.89. The Labute approximate surface area is 190 Å². The number of aromatic nitrogens is 1. The van der Waals surface area contributed by atoms with Crippen molar-refractivity contribution in [1.29, 1.82) is 0 Å². The average molecular weight is 472 g/mol. The van der Waals surface area contributed by atoms with Crippen LogP contribution < -0.4 is 10.6 Å². The van der Waals surface area contributed by atoms with Crippen molar-refractivity contribution in [1.82, 2.24) is 4.98 Å². The third kappa shape index (κ3) is 5.41. The number of benzene rings is 3. The number of para-hydroxylation sites is 1. The molecule has 4 rings (SSSR count). The molecule has 5 nitrogen and oxygen atoms in total. The number of nitrogens with zero attached hydrogens (tertiary/aromatic N) is 1. The Morgan fingerprint density at radius 1 is 1.03 bits per heavy atom. The summed E-state index contributed by atoms with van der Waals surface area (Å²) in [5.41, 5.74) is 2.02. The maximum Gasteiger partial charge on any atom is 0.255 e. The molecule has 0 bridgehead atoms. The van der Waals surface area contributed by atoms with E-state index in [1.54, 1.807) is 42.5 Å². The number of thioether (sulfide) groups is 1. The van der Waals surface area contributed by atoms with Crippen molar-refractivity contribution in [2.24, 2.45) is 0 Å². The zero-order valence-corrected chi connectivity index (χ0v) is 18.3. The van der Waals surface area contributed by atoms with Gasteiger partial charge in [0, 0.05) is 16.3 Å². The molecule has 0 spiro atoms. The first kappa shape index (κ1) is 21.3. The van der Waals surface area contributed by atoms with Crippen molar-refractivity contribution >= 4 is 68.1 Å². The van der Waals surface area contributed by atoms with Gasteiger partial charge in [0.25, 0.3) is 5.91 Å². The Hall–Kier alpha value is -2.94. The van der Waals surface area contributed by atoms with Gasteiger partial charge >= 0.3 is 0 Å². The molecule has 9 heteroatoms. The lowest BCUT2D eigenvalue weighted by Crippen LogP contribution is -2.14. The highest BCUT2D eigenvalue weighted by atomic mass is 35.5. The Bertz CT molecular complexity index is 1280. The van der Waals surface area contributed by atoms with Gasteiger partial charge in [0.05, 0.1) is 21.7 Å². The highest BCUT2D eigenvalue weighted by molar-refractivity contribution is 8.01. The molecule has 1 aromatic heterocycles. The van der Waals surface area contributed by atoms with Crippen LogP contribution in [0.15, 0.2) is 71.1 Å². The number of carbonyl (C=O) groups is 2. The molecule has 0 aliphatic heterocycles. The van der Waals surface area contributed by atoms with E-state index in [1.165, 1.54) is 35.2 Å². The first-order valence-corrected chi connectivity index (χ1v) is 11.3. The van der Waals surface area contributed by atoms with Crippen LogP contribution >= 0.6 is 34.7 Å². The van der Waals surface area contributed by atoms with Gasteiger partial charge in [0.2, 0.25) is 5.91 Å². The number of halogens is 2. The van der Waals surface area contributed by atoms with Crippen LogP contribution in [0.2, 0.25) is 5.02 Å². The molecule has 0 aliphatic rings. The number of anilines is 2. The molecule has 1 heterocycles. The molecule has 0 atom stereocenters. The molecule has 0 fully saturated rings. The monoisotopic (exact) mass is 471 g/mol. The van der Waals surface area contributed by atoms with Crippen LogP contribution in [0.5, 0.6) is 0 Å². The number of rotatable bonds is 6. The molecule has 2 amide bonds.